The van der Waals surface area contributed by atoms with Gasteiger partial charge in [0.1, 0.15) is 5.75 Å². The van der Waals surface area contributed by atoms with Gasteiger partial charge in [-0.1, -0.05) is 26.0 Å². The van der Waals surface area contributed by atoms with Gasteiger partial charge in [-0.05, 0) is 68.3 Å². The number of benzene rings is 1. The van der Waals surface area contributed by atoms with Gasteiger partial charge in [-0.2, -0.15) is 0 Å². The van der Waals surface area contributed by atoms with Gasteiger partial charge in [-0.25, -0.2) is 0 Å². The van der Waals surface area contributed by atoms with Crippen molar-refractivity contribution in [3.05, 3.63) is 29.3 Å². The van der Waals surface area contributed by atoms with Gasteiger partial charge < -0.3 is 10.1 Å². The van der Waals surface area contributed by atoms with E-state index in [1.54, 1.807) is 0 Å². The third kappa shape index (κ3) is 4.24. The number of hydrogen-bond acceptors (Lipinski definition) is 2. The van der Waals surface area contributed by atoms with Crippen molar-refractivity contribution in [2.75, 3.05) is 19.7 Å². The van der Waals surface area contributed by atoms with Gasteiger partial charge in [0, 0.05) is 0 Å². The molecule has 1 atom stereocenters. The Morgan fingerprint density at radius 2 is 2.21 bits per heavy atom. The molecule has 0 aliphatic carbocycles. The quantitative estimate of drug-likeness (QED) is 0.868. The molecule has 106 valence electrons. The molecular weight excluding hydrogens is 234 g/mol. The minimum atomic E-state index is 0.561. The zero-order valence-corrected chi connectivity index (χ0v) is 12.5. The van der Waals surface area contributed by atoms with Crippen LogP contribution in [0.2, 0.25) is 0 Å². The molecule has 1 fully saturated rings. The lowest BCUT2D eigenvalue weighted by Gasteiger charge is -2.23. The third-order valence-corrected chi connectivity index (χ3v) is 4.06. The highest BCUT2D eigenvalue weighted by molar-refractivity contribution is 5.37. The van der Waals surface area contributed by atoms with E-state index in [1.165, 1.54) is 36.9 Å². The molecule has 1 N–H and O–H groups in total. The second-order valence-electron chi connectivity index (χ2n) is 6.03. The Morgan fingerprint density at radius 1 is 1.37 bits per heavy atom. The minimum Gasteiger partial charge on any atom is -0.493 e. The first kappa shape index (κ1) is 14.4. The maximum atomic E-state index is 6.00. The van der Waals surface area contributed by atoms with Gasteiger partial charge in [0.25, 0.3) is 0 Å². The Kier molecular flexibility index (Phi) is 5.26. The van der Waals surface area contributed by atoms with E-state index in [0.29, 0.717) is 5.92 Å². The van der Waals surface area contributed by atoms with Gasteiger partial charge in [-0.3, -0.25) is 0 Å². The average molecular weight is 261 g/mol. The van der Waals surface area contributed by atoms with Crippen molar-refractivity contribution < 1.29 is 4.74 Å². The third-order valence-electron chi connectivity index (χ3n) is 4.06. The van der Waals surface area contributed by atoms with Crippen molar-refractivity contribution in [1.82, 2.24) is 5.32 Å². The molecule has 19 heavy (non-hydrogen) atoms. The second-order valence-corrected chi connectivity index (χ2v) is 6.03. The van der Waals surface area contributed by atoms with Crippen molar-refractivity contribution >= 4 is 0 Å². The molecule has 1 heterocycles. The zero-order valence-electron chi connectivity index (χ0n) is 12.5. The predicted octanol–water partition coefficient (Wildman–Crippen LogP) is 3.89. The molecule has 1 aliphatic heterocycles. The SMILES string of the molecule is Cc1ccc(C(C)C)cc1OCC[C@@H]1CCCNC1. The normalized spacial score (nSPS) is 19.7. The number of ether oxygens (including phenoxy) is 1. The summed E-state index contributed by atoms with van der Waals surface area (Å²) in [7, 11) is 0. The first-order chi connectivity index (χ1) is 9.16. The Balaban J connectivity index is 1.86. The van der Waals surface area contributed by atoms with Crippen molar-refractivity contribution in [2.24, 2.45) is 5.92 Å². The van der Waals surface area contributed by atoms with Crippen LogP contribution in [0.1, 0.15) is 50.2 Å². The topological polar surface area (TPSA) is 21.3 Å². The molecule has 0 saturated carbocycles. The molecule has 1 saturated heterocycles. The fourth-order valence-electron chi connectivity index (χ4n) is 2.64. The van der Waals surface area contributed by atoms with E-state index in [-0.39, 0.29) is 0 Å². The van der Waals surface area contributed by atoms with E-state index in [2.05, 4.69) is 44.3 Å². The first-order valence-corrected chi connectivity index (χ1v) is 7.61. The summed E-state index contributed by atoms with van der Waals surface area (Å²) in [5.74, 6) is 2.42. The van der Waals surface area contributed by atoms with E-state index in [1.807, 2.05) is 0 Å². The summed E-state index contributed by atoms with van der Waals surface area (Å²) in [6.45, 7) is 9.77. The number of piperidine rings is 1. The minimum absolute atomic E-state index is 0.561. The Hall–Kier alpha value is -1.02. The van der Waals surface area contributed by atoms with E-state index >= 15 is 0 Å². The summed E-state index contributed by atoms with van der Waals surface area (Å²) in [5.41, 5.74) is 2.60. The van der Waals surface area contributed by atoms with Crippen molar-refractivity contribution in [3.8, 4) is 5.75 Å². The molecule has 0 radical (unpaired) electrons. The van der Waals surface area contributed by atoms with Crippen LogP contribution in [-0.4, -0.2) is 19.7 Å². The monoisotopic (exact) mass is 261 g/mol. The lowest BCUT2D eigenvalue weighted by molar-refractivity contribution is 0.253. The summed E-state index contributed by atoms with van der Waals surface area (Å²) in [5, 5.41) is 3.46. The maximum absolute atomic E-state index is 6.00. The van der Waals surface area contributed by atoms with E-state index in [9.17, 15) is 0 Å². The maximum Gasteiger partial charge on any atom is 0.122 e. The smallest absolute Gasteiger partial charge is 0.122 e. The summed E-state index contributed by atoms with van der Waals surface area (Å²) in [4.78, 5) is 0. The van der Waals surface area contributed by atoms with Crippen LogP contribution >= 0.6 is 0 Å². The number of nitrogens with one attached hydrogen (secondary N) is 1. The Bertz CT molecular complexity index is 394. The molecule has 1 aromatic rings. The van der Waals surface area contributed by atoms with Crippen LogP contribution in [0, 0.1) is 12.8 Å². The molecule has 0 bridgehead atoms. The average Bonchev–Trinajstić information content (AvgIpc) is 2.42. The largest absolute Gasteiger partial charge is 0.493 e. The fraction of sp³-hybridized carbons (Fsp3) is 0.647. The lowest BCUT2D eigenvalue weighted by Crippen LogP contribution is -2.30. The first-order valence-electron chi connectivity index (χ1n) is 7.61. The van der Waals surface area contributed by atoms with Crippen LogP contribution < -0.4 is 10.1 Å². The molecule has 1 aromatic carbocycles. The van der Waals surface area contributed by atoms with Crippen molar-refractivity contribution in [3.63, 3.8) is 0 Å². The molecule has 0 amide bonds. The molecule has 0 aromatic heterocycles. The van der Waals surface area contributed by atoms with Crippen LogP contribution in [0.15, 0.2) is 18.2 Å². The fourth-order valence-corrected chi connectivity index (χ4v) is 2.64. The van der Waals surface area contributed by atoms with Crippen LogP contribution in [-0.2, 0) is 0 Å². The molecule has 1 aliphatic rings. The molecule has 2 heteroatoms. The molecule has 2 rings (SSSR count). The van der Waals surface area contributed by atoms with Crippen molar-refractivity contribution in [1.29, 1.82) is 0 Å². The van der Waals surface area contributed by atoms with Crippen molar-refractivity contribution in [2.45, 2.75) is 46.0 Å². The van der Waals surface area contributed by atoms with E-state index in [4.69, 9.17) is 4.74 Å². The molecular formula is C17H27NO. The number of aryl methyl sites for hydroxylation is 1. The second kappa shape index (κ2) is 6.95. The Morgan fingerprint density at radius 3 is 2.89 bits per heavy atom. The van der Waals surface area contributed by atoms with Crippen LogP contribution in [0.4, 0.5) is 0 Å². The lowest BCUT2D eigenvalue weighted by atomic mass is 9.97. The highest BCUT2D eigenvalue weighted by Gasteiger charge is 2.13. The summed E-state index contributed by atoms with van der Waals surface area (Å²) >= 11 is 0. The number of rotatable bonds is 5. The van der Waals surface area contributed by atoms with Gasteiger partial charge in [0.05, 0.1) is 6.61 Å². The van der Waals surface area contributed by atoms with E-state index < -0.39 is 0 Å². The van der Waals surface area contributed by atoms with Crippen LogP contribution in [0.3, 0.4) is 0 Å². The summed E-state index contributed by atoms with van der Waals surface area (Å²) < 4.78 is 6.00. The zero-order chi connectivity index (χ0) is 13.7. The van der Waals surface area contributed by atoms with Gasteiger partial charge in [0.15, 0.2) is 0 Å². The standard InChI is InChI=1S/C17H27NO/c1-13(2)16-7-6-14(3)17(11-16)19-10-8-15-5-4-9-18-12-15/h6-7,11,13,15,18H,4-5,8-10,12H2,1-3H3/t15-/m0/s1. The summed E-state index contributed by atoms with van der Waals surface area (Å²) in [6, 6.07) is 6.59. The van der Waals surface area contributed by atoms with E-state index in [0.717, 1.165) is 24.8 Å². The van der Waals surface area contributed by atoms with Crippen LogP contribution in [0.5, 0.6) is 5.75 Å². The highest BCUT2D eigenvalue weighted by Crippen LogP contribution is 2.25. The number of hydrogen-bond donors (Lipinski definition) is 1. The molecule has 0 unspecified atom stereocenters. The predicted molar refractivity (Wildman–Crippen MR) is 81.0 cm³/mol. The van der Waals surface area contributed by atoms with Gasteiger partial charge in [-0.15, -0.1) is 0 Å². The summed E-state index contributed by atoms with van der Waals surface area (Å²) in [6.07, 6.45) is 3.83. The Labute approximate surface area is 117 Å². The van der Waals surface area contributed by atoms with Gasteiger partial charge in [0.2, 0.25) is 0 Å². The van der Waals surface area contributed by atoms with Gasteiger partial charge >= 0.3 is 0 Å². The van der Waals surface area contributed by atoms with Crippen LogP contribution in [0.25, 0.3) is 0 Å². The molecule has 2 nitrogen and oxygen atoms in total. The highest BCUT2D eigenvalue weighted by atomic mass is 16.5. The molecule has 0 spiro atoms.